The second-order valence-electron chi connectivity index (χ2n) is 4.49. The number of hydrogen-bond acceptors (Lipinski definition) is 1. The molecule has 0 aromatic heterocycles. The normalized spacial score (nSPS) is 12.5. The van der Waals surface area contributed by atoms with Crippen molar-refractivity contribution in [2.24, 2.45) is 0 Å². The molecule has 2 aromatic rings. The Balaban J connectivity index is 2.22. The minimum Gasteiger partial charge on any atom is -0.388 e. The molecule has 0 amide bonds. The third-order valence-corrected chi connectivity index (χ3v) is 3.23. The smallest absolute Gasteiger partial charge is 0.142 e. The fourth-order valence-electron chi connectivity index (χ4n) is 1.92. The molecule has 1 N–H and O–H groups in total. The lowest BCUT2D eigenvalue weighted by molar-refractivity contribution is 0.173. The molecule has 100 valence electrons. The van der Waals surface area contributed by atoms with Crippen LogP contribution in [0, 0.1) is 18.6 Å². The fourth-order valence-corrected chi connectivity index (χ4v) is 2.04. The number of hydrogen-bond donors (Lipinski definition) is 1. The molecular weight excluding hydrogens is 270 g/mol. The first-order valence-electron chi connectivity index (χ1n) is 5.85. The van der Waals surface area contributed by atoms with Gasteiger partial charge in [0, 0.05) is 12.0 Å². The van der Waals surface area contributed by atoms with Gasteiger partial charge in [-0.05, 0) is 30.7 Å². The van der Waals surface area contributed by atoms with Crippen LogP contribution in [0.25, 0.3) is 0 Å². The molecule has 0 aliphatic rings. The molecule has 0 heterocycles. The molecule has 0 saturated heterocycles. The largest absolute Gasteiger partial charge is 0.388 e. The molecule has 4 heteroatoms. The average Bonchev–Trinajstić information content (AvgIpc) is 2.36. The summed E-state index contributed by atoms with van der Waals surface area (Å²) in [4.78, 5) is 0. The zero-order valence-electron chi connectivity index (χ0n) is 10.3. The van der Waals surface area contributed by atoms with E-state index in [2.05, 4.69) is 0 Å². The first kappa shape index (κ1) is 14.0. The number of aryl methyl sites for hydroxylation is 1. The van der Waals surface area contributed by atoms with Crippen molar-refractivity contribution in [2.75, 3.05) is 0 Å². The lowest BCUT2D eigenvalue weighted by Gasteiger charge is -2.13. The maximum absolute atomic E-state index is 13.6. The number of halogens is 3. The monoisotopic (exact) mass is 282 g/mol. The lowest BCUT2D eigenvalue weighted by Crippen LogP contribution is -2.05. The van der Waals surface area contributed by atoms with Crippen LogP contribution in [0.3, 0.4) is 0 Å². The van der Waals surface area contributed by atoms with Gasteiger partial charge in [0.15, 0.2) is 0 Å². The van der Waals surface area contributed by atoms with Crippen molar-refractivity contribution in [1.82, 2.24) is 0 Å². The van der Waals surface area contributed by atoms with Gasteiger partial charge in [0.05, 0.1) is 11.1 Å². The minimum atomic E-state index is -1.01. The van der Waals surface area contributed by atoms with E-state index < -0.39 is 17.7 Å². The molecule has 19 heavy (non-hydrogen) atoms. The highest BCUT2D eigenvalue weighted by molar-refractivity contribution is 6.30. The van der Waals surface area contributed by atoms with Gasteiger partial charge >= 0.3 is 0 Å². The van der Waals surface area contributed by atoms with Gasteiger partial charge in [0.2, 0.25) is 0 Å². The highest BCUT2D eigenvalue weighted by atomic mass is 35.5. The summed E-state index contributed by atoms with van der Waals surface area (Å²) in [6.45, 7) is 1.82. The first-order chi connectivity index (χ1) is 8.97. The van der Waals surface area contributed by atoms with Gasteiger partial charge in [-0.3, -0.25) is 0 Å². The molecule has 0 bridgehead atoms. The summed E-state index contributed by atoms with van der Waals surface area (Å²) in [5.41, 5.74) is 1.64. The van der Waals surface area contributed by atoms with Crippen molar-refractivity contribution in [3.63, 3.8) is 0 Å². The number of aliphatic hydroxyl groups excluding tert-OH is 1. The van der Waals surface area contributed by atoms with Gasteiger partial charge in [-0.25, -0.2) is 8.78 Å². The number of rotatable bonds is 3. The van der Waals surface area contributed by atoms with Crippen LogP contribution >= 0.6 is 11.6 Å². The molecule has 2 aromatic carbocycles. The third-order valence-electron chi connectivity index (χ3n) is 2.92. The van der Waals surface area contributed by atoms with Gasteiger partial charge in [0.25, 0.3) is 0 Å². The van der Waals surface area contributed by atoms with Gasteiger partial charge in [-0.1, -0.05) is 35.4 Å². The summed E-state index contributed by atoms with van der Waals surface area (Å²) in [7, 11) is 0. The summed E-state index contributed by atoms with van der Waals surface area (Å²) in [6, 6.07) is 8.82. The van der Waals surface area contributed by atoms with E-state index in [1.165, 1.54) is 18.2 Å². The van der Waals surface area contributed by atoms with Crippen LogP contribution in [-0.2, 0) is 6.42 Å². The summed E-state index contributed by atoms with van der Waals surface area (Å²) in [6.07, 6.45) is -0.880. The van der Waals surface area contributed by atoms with Crippen LogP contribution in [-0.4, -0.2) is 5.11 Å². The highest BCUT2D eigenvalue weighted by Gasteiger charge is 2.14. The molecule has 0 spiro atoms. The number of benzene rings is 2. The standard InChI is InChI=1S/C15H13ClF2O/c1-9-2-5-13(17)11(6-9)15(19)8-10-3-4-12(16)14(18)7-10/h2-7,15,19H,8H2,1H3. The average molecular weight is 283 g/mol. The van der Waals surface area contributed by atoms with Crippen LogP contribution < -0.4 is 0 Å². The Morgan fingerprint density at radius 3 is 2.53 bits per heavy atom. The summed E-state index contributed by atoms with van der Waals surface area (Å²) < 4.78 is 26.9. The zero-order valence-corrected chi connectivity index (χ0v) is 11.1. The molecule has 1 nitrogen and oxygen atoms in total. The molecule has 0 aliphatic carbocycles. The predicted octanol–water partition coefficient (Wildman–Crippen LogP) is 4.20. The molecular formula is C15H13ClF2O. The van der Waals surface area contributed by atoms with Gasteiger partial charge < -0.3 is 5.11 Å². The van der Waals surface area contributed by atoms with Gasteiger partial charge in [-0.2, -0.15) is 0 Å². The quantitative estimate of drug-likeness (QED) is 0.894. The minimum absolute atomic E-state index is 0.0278. The zero-order chi connectivity index (χ0) is 14.0. The molecule has 0 radical (unpaired) electrons. The Kier molecular flexibility index (Phi) is 4.17. The molecule has 0 saturated carbocycles. The Labute approximate surface area is 115 Å². The van der Waals surface area contributed by atoms with E-state index in [0.29, 0.717) is 5.56 Å². The van der Waals surface area contributed by atoms with Crippen molar-refractivity contribution < 1.29 is 13.9 Å². The van der Waals surface area contributed by atoms with Crippen molar-refractivity contribution in [2.45, 2.75) is 19.4 Å². The second-order valence-corrected chi connectivity index (χ2v) is 4.90. The molecule has 0 fully saturated rings. The molecule has 2 rings (SSSR count). The third kappa shape index (κ3) is 3.31. The summed E-state index contributed by atoms with van der Waals surface area (Å²) >= 11 is 5.58. The highest BCUT2D eigenvalue weighted by Crippen LogP contribution is 2.24. The Morgan fingerprint density at radius 2 is 1.84 bits per heavy atom. The van der Waals surface area contributed by atoms with E-state index in [1.54, 1.807) is 18.2 Å². The predicted molar refractivity (Wildman–Crippen MR) is 71.2 cm³/mol. The SMILES string of the molecule is Cc1ccc(F)c(C(O)Cc2ccc(Cl)c(F)c2)c1. The van der Waals surface area contributed by atoms with E-state index in [0.717, 1.165) is 5.56 Å². The van der Waals surface area contributed by atoms with Crippen LogP contribution in [0.15, 0.2) is 36.4 Å². The van der Waals surface area contributed by atoms with Crippen LogP contribution in [0.2, 0.25) is 5.02 Å². The van der Waals surface area contributed by atoms with E-state index in [4.69, 9.17) is 11.6 Å². The van der Waals surface area contributed by atoms with E-state index in [9.17, 15) is 13.9 Å². The first-order valence-corrected chi connectivity index (χ1v) is 6.23. The summed E-state index contributed by atoms with van der Waals surface area (Å²) in [5.74, 6) is -1.01. The maximum Gasteiger partial charge on any atom is 0.142 e. The molecule has 1 unspecified atom stereocenters. The van der Waals surface area contributed by atoms with E-state index in [-0.39, 0.29) is 17.0 Å². The van der Waals surface area contributed by atoms with Crippen LogP contribution in [0.4, 0.5) is 8.78 Å². The fraction of sp³-hybridized carbons (Fsp3) is 0.200. The van der Waals surface area contributed by atoms with Crippen LogP contribution in [0.1, 0.15) is 22.8 Å². The maximum atomic E-state index is 13.6. The van der Waals surface area contributed by atoms with Crippen molar-refractivity contribution in [3.8, 4) is 0 Å². The van der Waals surface area contributed by atoms with E-state index >= 15 is 0 Å². The van der Waals surface area contributed by atoms with Gasteiger partial charge in [0.1, 0.15) is 11.6 Å². The van der Waals surface area contributed by atoms with Crippen molar-refractivity contribution in [3.05, 3.63) is 69.7 Å². The van der Waals surface area contributed by atoms with Crippen LogP contribution in [0.5, 0.6) is 0 Å². The lowest BCUT2D eigenvalue weighted by atomic mass is 9.99. The Bertz CT molecular complexity index is 599. The van der Waals surface area contributed by atoms with Crippen molar-refractivity contribution in [1.29, 1.82) is 0 Å². The van der Waals surface area contributed by atoms with Crippen molar-refractivity contribution >= 4 is 11.6 Å². The Hall–Kier alpha value is -1.45. The summed E-state index contributed by atoms with van der Waals surface area (Å²) in [5, 5.41) is 10.1. The second kappa shape index (κ2) is 5.68. The number of aliphatic hydroxyl groups is 1. The molecule has 1 atom stereocenters. The van der Waals surface area contributed by atoms with Gasteiger partial charge in [-0.15, -0.1) is 0 Å². The van der Waals surface area contributed by atoms with E-state index in [1.807, 2.05) is 6.92 Å². The Morgan fingerprint density at radius 1 is 1.11 bits per heavy atom. The topological polar surface area (TPSA) is 20.2 Å². The molecule has 0 aliphatic heterocycles.